The van der Waals surface area contributed by atoms with E-state index in [1.165, 1.54) is 0 Å². The molecule has 1 fully saturated rings. The second-order valence-electron chi connectivity index (χ2n) is 4.27. The number of nitrogens with zero attached hydrogens (tertiary/aromatic N) is 2. The van der Waals surface area contributed by atoms with E-state index in [9.17, 15) is 0 Å². The molecular formula is C11H20N2O4Si. The molecule has 1 aliphatic rings. The molecule has 6 nitrogen and oxygen atoms in total. The number of ether oxygens (including phenoxy) is 1. The molecule has 0 radical (unpaired) electrons. The van der Waals surface area contributed by atoms with Gasteiger partial charge in [-0.2, -0.15) is 0 Å². The summed E-state index contributed by atoms with van der Waals surface area (Å²) in [5, 5.41) is 0. The summed E-state index contributed by atoms with van der Waals surface area (Å²) < 4.78 is 24.7. The van der Waals surface area contributed by atoms with Gasteiger partial charge in [-0.25, -0.2) is 4.98 Å². The van der Waals surface area contributed by atoms with Crippen LogP contribution >= 0.6 is 0 Å². The Morgan fingerprint density at radius 1 is 1.44 bits per heavy atom. The van der Waals surface area contributed by atoms with E-state index in [1.807, 2.05) is 10.8 Å². The molecule has 0 aliphatic carbocycles. The zero-order valence-electron chi connectivity index (χ0n) is 10.9. The van der Waals surface area contributed by atoms with Gasteiger partial charge in [-0.1, -0.05) is 0 Å². The molecule has 1 atom stereocenters. The Morgan fingerprint density at radius 2 is 2.28 bits per heavy atom. The first-order valence-corrected chi connectivity index (χ1v) is 8.03. The molecule has 1 aromatic heterocycles. The molecule has 102 valence electrons. The van der Waals surface area contributed by atoms with Gasteiger partial charge in [-0.15, -0.1) is 0 Å². The Kier molecular flexibility index (Phi) is 4.90. The number of aromatic nitrogens is 2. The van der Waals surface area contributed by atoms with Gasteiger partial charge < -0.3 is 22.6 Å². The number of rotatable bonds is 4. The average Bonchev–Trinajstić information content (AvgIpc) is 2.86. The fourth-order valence-electron chi connectivity index (χ4n) is 2.06. The van der Waals surface area contributed by atoms with Gasteiger partial charge in [-0.05, 0) is 6.42 Å². The molecule has 0 N–H and O–H groups in total. The predicted octanol–water partition coefficient (Wildman–Crippen LogP) is 0.920. The molecule has 0 amide bonds. The van der Waals surface area contributed by atoms with Gasteiger partial charge in [0.15, 0.2) is 0 Å². The maximum atomic E-state index is 6.07. The first kappa shape index (κ1) is 13.7. The lowest BCUT2D eigenvalue weighted by Gasteiger charge is -2.33. The van der Waals surface area contributed by atoms with E-state index in [2.05, 4.69) is 4.98 Å². The maximum absolute atomic E-state index is 6.07. The molecular weight excluding hydrogens is 252 g/mol. The largest absolute Gasteiger partial charge is 0.500 e. The SMILES string of the molecule is CO[Si]1(OC)CCCOCC(Cn2ccnc2)O1. The summed E-state index contributed by atoms with van der Waals surface area (Å²) in [7, 11) is 0.795. The minimum absolute atomic E-state index is 0.0638. The highest BCUT2D eigenvalue weighted by Crippen LogP contribution is 2.21. The molecule has 0 saturated carbocycles. The van der Waals surface area contributed by atoms with E-state index in [-0.39, 0.29) is 6.10 Å². The summed E-state index contributed by atoms with van der Waals surface area (Å²) in [4.78, 5) is 4.02. The van der Waals surface area contributed by atoms with Crippen LogP contribution in [-0.4, -0.2) is 51.9 Å². The second-order valence-corrected chi connectivity index (χ2v) is 7.19. The van der Waals surface area contributed by atoms with Crippen molar-refractivity contribution in [2.75, 3.05) is 27.4 Å². The van der Waals surface area contributed by atoms with E-state index < -0.39 is 8.80 Å². The fourth-order valence-corrected chi connectivity index (χ4v) is 4.17. The van der Waals surface area contributed by atoms with Crippen molar-refractivity contribution in [3.63, 3.8) is 0 Å². The lowest BCUT2D eigenvalue weighted by Crippen LogP contribution is -2.49. The molecule has 0 spiro atoms. The first-order chi connectivity index (χ1) is 8.78. The van der Waals surface area contributed by atoms with Gasteiger partial charge in [-0.3, -0.25) is 0 Å². The summed E-state index contributed by atoms with van der Waals surface area (Å²) in [5.74, 6) is 0. The summed E-state index contributed by atoms with van der Waals surface area (Å²) in [6, 6.07) is 0.792. The quantitative estimate of drug-likeness (QED) is 0.763. The molecule has 2 rings (SSSR count). The summed E-state index contributed by atoms with van der Waals surface area (Å²) in [6.45, 7) is 1.98. The zero-order chi connectivity index (χ0) is 12.8. The van der Waals surface area contributed by atoms with Crippen LogP contribution in [0.1, 0.15) is 6.42 Å². The maximum Gasteiger partial charge on any atom is 0.500 e. The van der Waals surface area contributed by atoms with Crippen LogP contribution in [-0.2, 0) is 24.6 Å². The topological polar surface area (TPSA) is 54.7 Å². The van der Waals surface area contributed by atoms with Crippen LogP contribution in [0.5, 0.6) is 0 Å². The van der Waals surface area contributed by atoms with Crippen LogP contribution < -0.4 is 0 Å². The molecule has 1 aromatic rings. The van der Waals surface area contributed by atoms with Crippen LogP contribution in [0, 0.1) is 0 Å². The summed E-state index contributed by atoms with van der Waals surface area (Å²) in [6.07, 6.45) is 6.27. The monoisotopic (exact) mass is 272 g/mol. The molecule has 2 heterocycles. The van der Waals surface area contributed by atoms with Crippen molar-refractivity contribution in [1.82, 2.24) is 9.55 Å². The Morgan fingerprint density at radius 3 is 2.94 bits per heavy atom. The number of hydrogen-bond acceptors (Lipinski definition) is 5. The molecule has 18 heavy (non-hydrogen) atoms. The summed E-state index contributed by atoms with van der Waals surface area (Å²) >= 11 is 0. The van der Waals surface area contributed by atoms with Gasteiger partial charge in [0.1, 0.15) is 0 Å². The third-order valence-electron chi connectivity index (χ3n) is 3.02. The van der Waals surface area contributed by atoms with Crippen LogP contribution in [0.25, 0.3) is 0 Å². The van der Waals surface area contributed by atoms with E-state index in [4.69, 9.17) is 18.0 Å². The standard InChI is InChI=1S/C11H20N2O4Si/c1-14-18(15-2)7-3-6-16-9-11(17-18)8-13-5-4-12-10-13/h4-5,10-11H,3,6-9H2,1-2H3. The molecule has 1 saturated heterocycles. The Hall–Kier alpha value is -0.733. The van der Waals surface area contributed by atoms with Crippen molar-refractivity contribution < 1.29 is 18.0 Å². The van der Waals surface area contributed by atoms with Crippen LogP contribution in [0.4, 0.5) is 0 Å². The Balaban J connectivity index is 2.02. The molecule has 7 heteroatoms. The number of imidazole rings is 1. The van der Waals surface area contributed by atoms with E-state index in [1.54, 1.807) is 26.7 Å². The molecule has 1 unspecified atom stereocenters. The van der Waals surface area contributed by atoms with Gasteiger partial charge in [0.05, 0.1) is 25.6 Å². The Bertz CT molecular complexity index is 343. The van der Waals surface area contributed by atoms with Gasteiger partial charge in [0.2, 0.25) is 0 Å². The normalized spacial score (nSPS) is 24.4. The van der Waals surface area contributed by atoms with Crippen molar-refractivity contribution in [3.8, 4) is 0 Å². The first-order valence-electron chi connectivity index (χ1n) is 6.09. The second kappa shape index (κ2) is 6.44. The lowest BCUT2D eigenvalue weighted by atomic mass is 10.4. The average molecular weight is 272 g/mol. The molecule has 1 aliphatic heterocycles. The minimum atomic E-state index is -2.52. The third kappa shape index (κ3) is 3.39. The van der Waals surface area contributed by atoms with Crippen molar-refractivity contribution in [2.24, 2.45) is 0 Å². The highest BCUT2D eigenvalue weighted by Gasteiger charge is 2.42. The van der Waals surface area contributed by atoms with Crippen molar-refractivity contribution >= 4 is 8.80 Å². The van der Waals surface area contributed by atoms with E-state index in [0.29, 0.717) is 13.2 Å². The zero-order valence-corrected chi connectivity index (χ0v) is 11.9. The van der Waals surface area contributed by atoms with Crippen molar-refractivity contribution in [1.29, 1.82) is 0 Å². The van der Waals surface area contributed by atoms with E-state index in [0.717, 1.165) is 19.1 Å². The number of hydrogen-bond donors (Lipinski definition) is 0. The highest BCUT2D eigenvalue weighted by molar-refractivity contribution is 6.60. The smallest absolute Gasteiger partial charge is 0.379 e. The molecule has 0 aromatic carbocycles. The molecule has 0 bridgehead atoms. The van der Waals surface area contributed by atoms with Crippen molar-refractivity contribution in [3.05, 3.63) is 18.7 Å². The van der Waals surface area contributed by atoms with Crippen LogP contribution in [0.15, 0.2) is 18.7 Å². The predicted molar refractivity (Wildman–Crippen MR) is 67.1 cm³/mol. The summed E-state index contributed by atoms with van der Waals surface area (Å²) in [5.41, 5.74) is 0. The fraction of sp³-hybridized carbons (Fsp3) is 0.727. The van der Waals surface area contributed by atoms with E-state index >= 15 is 0 Å². The lowest BCUT2D eigenvalue weighted by molar-refractivity contribution is -0.0208. The van der Waals surface area contributed by atoms with Crippen LogP contribution in [0.2, 0.25) is 6.04 Å². The van der Waals surface area contributed by atoms with Crippen LogP contribution in [0.3, 0.4) is 0 Å². The van der Waals surface area contributed by atoms with Gasteiger partial charge in [0.25, 0.3) is 0 Å². The van der Waals surface area contributed by atoms with Gasteiger partial charge >= 0.3 is 8.80 Å². The highest BCUT2D eigenvalue weighted by atomic mass is 28.4. The third-order valence-corrected chi connectivity index (χ3v) is 5.92. The van der Waals surface area contributed by atoms with Crippen molar-refractivity contribution in [2.45, 2.75) is 25.1 Å². The minimum Gasteiger partial charge on any atom is -0.379 e. The Labute approximate surface area is 108 Å². The van der Waals surface area contributed by atoms with Gasteiger partial charge in [0, 0.05) is 39.3 Å².